The molecule has 0 unspecified atom stereocenters. The summed E-state index contributed by atoms with van der Waals surface area (Å²) < 4.78 is 5.51. The number of para-hydroxylation sites is 2. The van der Waals surface area contributed by atoms with Gasteiger partial charge in [0.15, 0.2) is 0 Å². The van der Waals surface area contributed by atoms with Crippen LogP contribution in [0.3, 0.4) is 0 Å². The predicted octanol–water partition coefficient (Wildman–Crippen LogP) is 1.64. The molecule has 0 bridgehead atoms. The normalized spacial score (nSPS) is 19.3. The Morgan fingerprint density at radius 2 is 1.97 bits per heavy atom. The summed E-state index contributed by atoms with van der Waals surface area (Å²) in [5.41, 5.74) is 2.20. The van der Waals surface area contributed by atoms with Crippen LogP contribution >= 0.6 is 0 Å². The van der Waals surface area contributed by atoms with E-state index in [1.54, 1.807) is 7.11 Å². The maximum Gasteiger partial charge on any atom is 0.224 e. The molecule has 154 valence electrons. The number of piperazine rings is 1. The molecule has 2 N–H and O–H groups in total. The number of amides is 1. The number of nitrogens with one attached hydrogen (secondary N) is 2. The Balaban J connectivity index is 1.39. The van der Waals surface area contributed by atoms with E-state index in [0.29, 0.717) is 6.54 Å². The Labute approximate surface area is 172 Å². The average Bonchev–Trinajstić information content (AvgIpc) is 3.33. The number of hydrogen-bond acceptors (Lipinski definition) is 6. The maximum atomic E-state index is 12.4. The number of pyridine rings is 1. The zero-order chi connectivity index (χ0) is 20.1. The number of nitrogens with zero attached hydrogens (tertiary/aromatic N) is 3. The molecule has 0 aliphatic carbocycles. The standard InChI is InChI=1S/C22H29N5O2/c1-29-20-7-3-2-6-19(20)26-11-13-27(14-12-26)21-17(5-4-9-24-21)16-25-22(28)18-8-10-23-15-18/h2-7,9,18,23H,8,10-16H2,1H3,(H,25,28)/t18-/m0/s1. The van der Waals surface area contributed by atoms with Gasteiger partial charge in [-0.25, -0.2) is 4.98 Å². The van der Waals surface area contributed by atoms with E-state index in [0.717, 1.165) is 68.5 Å². The minimum Gasteiger partial charge on any atom is -0.495 e. The molecule has 1 atom stereocenters. The highest BCUT2D eigenvalue weighted by atomic mass is 16.5. The first-order valence-corrected chi connectivity index (χ1v) is 10.3. The fourth-order valence-electron chi connectivity index (χ4n) is 4.11. The number of anilines is 2. The number of carbonyl (C=O) groups excluding carboxylic acids is 1. The third-order valence-corrected chi connectivity index (χ3v) is 5.76. The van der Waals surface area contributed by atoms with Gasteiger partial charge in [0.05, 0.1) is 18.7 Å². The fraction of sp³-hybridized carbons (Fsp3) is 0.455. The maximum absolute atomic E-state index is 12.4. The van der Waals surface area contributed by atoms with Crippen molar-refractivity contribution in [2.45, 2.75) is 13.0 Å². The molecule has 2 aromatic rings. The molecule has 4 rings (SSSR count). The van der Waals surface area contributed by atoms with Gasteiger partial charge in [-0.1, -0.05) is 18.2 Å². The van der Waals surface area contributed by atoms with Gasteiger partial charge in [0, 0.05) is 51.0 Å². The number of rotatable bonds is 6. The molecule has 1 amide bonds. The largest absolute Gasteiger partial charge is 0.495 e. The summed E-state index contributed by atoms with van der Waals surface area (Å²) in [6, 6.07) is 12.1. The predicted molar refractivity (Wildman–Crippen MR) is 114 cm³/mol. The molecule has 1 aromatic carbocycles. The average molecular weight is 396 g/mol. The summed E-state index contributed by atoms with van der Waals surface area (Å²) in [4.78, 5) is 21.7. The van der Waals surface area contributed by atoms with Crippen molar-refractivity contribution in [2.24, 2.45) is 5.92 Å². The van der Waals surface area contributed by atoms with Crippen LogP contribution in [0, 0.1) is 5.92 Å². The second-order valence-electron chi connectivity index (χ2n) is 7.54. The number of benzene rings is 1. The zero-order valence-electron chi connectivity index (χ0n) is 16.9. The summed E-state index contributed by atoms with van der Waals surface area (Å²) in [6.07, 6.45) is 2.74. The van der Waals surface area contributed by atoms with Crippen molar-refractivity contribution >= 4 is 17.4 Å². The highest BCUT2D eigenvalue weighted by Crippen LogP contribution is 2.29. The van der Waals surface area contributed by atoms with E-state index >= 15 is 0 Å². The number of aromatic nitrogens is 1. The van der Waals surface area contributed by atoms with Crippen molar-refractivity contribution in [3.63, 3.8) is 0 Å². The quantitative estimate of drug-likeness (QED) is 0.775. The van der Waals surface area contributed by atoms with E-state index in [1.165, 1.54) is 0 Å². The van der Waals surface area contributed by atoms with Gasteiger partial charge in [0.25, 0.3) is 0 Å². The van der Waals surface area contributed by atoms with Crippen molar-refractivity contribution < 1.29 is 9.53 Å². The van der Waals surface area contributed by atoms with Gasteiger partial charge in [0.1, 0.15) is 11.6 Å². The fourth-order valence-corrected chi connectivity index (χ4v) is 4.11. The molecule has 2 saturated heterocycles. The van der Waals surface area contributed by atoms with Crippen LogP contribution in [0.5, 0.6) is 5.75 Å². The molecule has 7 heteroatoms. The molecule has 29 heavy (non-hydrogen) atoms. The molecule has 0 radical (unpaired) electrons. The highest BCUT2D eigenvalue weighted by Gasteiger charge is 2.24. The van der Waals surface area contributed by atoms with E-state index < -0.39 is 0 Å². The summed E-state index contributed by atoms with van der Waals surface area (Å²) in [6.45, 7) is 5.77. The summed E-state index contributed by atoms with van der Waals surface area (Å²) >= 11 is 0. The summed E-state index contributed by atoms with van der Waals surface area (Å²) in [5.74, 6) is 2.09. The van der Waals surface area contributed by atoms with Crippen LogP contribution in [0.15, 0.2) is 42.6 Å². The number of hydrogen-bond donors (Lipinski definition) is 2. The SMILES string of the molecule is COc1ccccc1N1CCN(c2ncccc2CNC(=O)[C@H]2CCNC2)CC1. The minimum atomic E-state index is 0.0829. The van der Waals surface area contributed by atoms with Gasteiger partial charge in [-0.2, -0.15) is 0 Å². The number of ether oxygens (including phenoxy) is 1. The highest BCUT2D eigenvalue weighted by molar-refractivity contribution is 5.79. The minimum absolute atomic E-state index is 0.0829. The topological polar surface area (TPSA) is 69.7 Å². The van der Waals surface area contributed by atoms with Gasteiger partial charge in [0.2, 0.25) is 5.91 Å². The van der Waals surface area contributed by atoms with E-state index in [9.17, 15) is 4.79 Å². The molecule has 1 aromatic heterocycles. The molecule has 0 saturated carbocycles. The number of methoxy groups -OCH3 is 1. The first-order chi connectivity index (χ1) is 14.3. The van der Waals surface area contributed by atoms with Gasteiger partial charge < -0.3 is 25.2 Å². The summed E-state index contributed by atoms with van der Waals surface area (Å²) in [7, 11) is 1.71. The zero-order valence-corrected chi connectivity index (χ0v) is 16.9. The van der Waals surface area contributed by atoms with Gasteiger partial charge >= 0.3 is 0 Å². The van der Waals surface area contributed by atoms with Crippen molar-refractivity contribution in [1.29, 1.82) is 0 Å². The molecule has 7 nitrogen and oxygen atoms in total. The Morgan fingerprint density at radius 1 is 1.17 bits per heavy atom. The lowest BCUT2D eigenvalue weighted by Gasteiger charge is -2.37. The molecule has 2 aliphatic rings. The lowest BCUT2D eigenvalue weighted by Crippen LogP contribution is -2.47. The van der Waals surface area contributed by atoms with Crippen LogP contribution in [-0.2, 0) is 11.3 Å². The third kappa shape index (κ3) is 4.45. The van der Waals surface area contributed by atoms with Crippen molar-refractivity contribution in [3.05, 3.63) is 48.2 Å². The van der Waals surface area contributed by atoms with E-state index in [2.05, 4.69) is 37.6 Å². The van der Waals surface area contributed by atoms with Gasteiger partial charge in [-0.15, -0.1) is 0 Å². The monoisotopic (exact) mass is 395 g/mol. The molecule has 2 aliphatic heterocycles. The van der Waals surface area contributed by atoms with E-state index in [1.807, 2.05) is 30.5 Å². The third-order valence-electron chi connectivity index (χ3n) is 5.76. The second kappa shape index (κ2) is 9.13. The molecule has 2 fully saturated rings. The Hall–Kier alpha value is -2.80. The van der Waals surface area contributed by atoms with Crippen LogP contribution in [0.25, 0.3) is 0 Å². The van der Waals surface area contributed by atoms with Crippen LogP contribution in [-0.4, -0.2) is 57.3 Å². The van der Waals surface area contributed by atoms with E-state index in [4.69, 9.17) is 4.74 Å². The smallest absolute Gasteiger partial charge is 0.224 e. The van der Waals surface area contributed by atoms with Crippen LogP contribution in [0.1, 0.15) is 12.0 Å². The molecule has 0 spiro atoms. The molecular weight excluding hydrogens is 366 g/mol. The second-order valence-corrected chi connectivity index (χ2v) is 7.54. The summed E-state index contributed by atoms with van der Waals surface area (Å²) in [5, 5.41) is 6.34. The van der Waals surface area contributed by atoms with Crippen LogP contribution in [0.4, 0.5) is 11.5 Å². The first kappa shape index (κ1) is 19.5. The Kier molecular flexibility index (Phi) is 6.14. The lowest BCUT2D eigenvalue weighted by atomic mass is 10.1. The Bertz CT molecular complexity index is 829. The van der Waals surface area contributed by atoms with Crippen molar-refractivity contribution in [2.75, 3.05) is 56.2 Å². The molecule has 3 heterocycles. The van der Waals surface area contributed by atoms with Gasteiger partial charge in [-0.3, -0.25) is 4.79 Å². The number of carbonyl (C=O) groups is 1. The van der Waals surface area contributed by atoms with E-state index in [-0.39, 0.29) is 11.8 Å². The molecular formula is C22H29N5O2. The van der Waals surface area contributed by atoms with Gasteiger partial charge in [-0.05, 0) is 31.2 Å². The first-order valence-electron chi connectivity index (χ1n) is 10.3. The van der Waals surface area contributed by atoms with Crippen molar-refractivity contribution in [3.8, 4) is 5.75 Å². The van der Waals surface area contributed by atoms with Crippen LogP contribution < -0.4 is 25.2 Å². The van der Waals surface area contributed by atoms with Crippen molar-refractivity contribution in [1.82, 2.24) is 15.6 Å². The van der Waals surface area contributed by atoms with Crippen LogP contribution in [0.2, 0.25) is 0 Å². The lowest BCUT2D eigenvalue weighted by molar-refractivity contribution is -0.124. The Morgan fingerprint density at radius 3 is 2.72 bits per heavy atom.